The van der Waals surface area contributed by atoms with Crippen LogP contribution < -0.4 is 10.6 Å². The Kier molecular flexibility index (Phi) is 5.38. The Bertz CT molecular complexity index is 658. The summed E-state index contributed by atoms with van der Waals surface area (Å²) >= 11 is 0. The molecule has 4 rings (SSSR count). The van der Waals surface area contributed by atoms with E-state index in [1.165, 1.54) is 62.8 Å². The van der Waals surface area contributed by atoms with Gasteiger partial charge in [0.15, 0.2) is 0 Å². The maximum absolute atomic E-state index is 6.54. The van der Waals surface area contributed by atoms with Gasteiger partial charge in [-0.2, -0.15) is 5.10 Å². The lowest BCUT2D eigenvalue weighted by Crippen LogP contribution is -2.38. The van der Waals surface area contributed by atoms with Crippen LogP contribution >= 0.6 is 0 Å². The summed E-state index contributed by atoms with van der Waals surface area (Å²) in [6.45, 7) is 6.60. The van der Waals surface area contributed by atoms with Crippen LogP contribution in [0.1, 0.15) is 81.7 Å². The molecule has 1 atom stereocenters. The minimum absolute atomic E-state index is 0.0735. The maximum Gasteiger partial charge on any atom is 0.0691 e. The molecule has 1 saturated heterocycles. The van der Waals surface area contributed by atoms with Crippen molar-refractivity contribution in [2.75, 3.05) is 20.6 Å². The summed E-state index contributed by atoms with van der Waals surface area (Å²) in [5.41, 5.74) is 4.74. The molecule has 27 heavy (non-hydrogen) atoms. The second-order valence-electron chi connectivity index (χ2n) is 9.70. The number of fused-ring (bicyclic) bond motifs is 1. The van der Waals surface area contributed by atoms with E-state index in [0.717, 1.165) is 19.5 Å². The minimum atomic E-state index is 0.0735. The van der Waals surface area contributed by atoms with Crippen LogP contribution in [0.2, 0.25) is 0 Å². The smallest absolute Gasteiger partial charge is 0.0691 e. The highest BCUT2D eigenvalue weighted by molar-refractivity contribution is 5.33. The van der Waals surface area contributed by atoms with Crippen LogP contribution in [0.5, 0.6) is 0 Å². The van der Waals surface area contributed by atoms with Gasteiger partial charge < -0.3 is 15.4 Å². The van der Waals surface area contributed by atoms with Crippen LogP contribution in [-0.4, -0.2) is 47.7 Å². The molecule has 1 saturated carbocycles. The Labute approximate surface area is 164 Å². The molecule has 0 radical (unpaired) electrons. The average Bonchev–Trinajstić information content (AvgIpc) is 3.29. The van der Waals surface area contributed by atoms with Crippen LogP contribution in [0.15, 0.2) is 0 Å². The molecule has 1 aliphatic carbocycles. The molecule has 1 unspecified atom stereocenters. The van der Waals surface area contributed by atoms with Crippen molar-refractivity contribution in [3.8, 4) is 0 Å². The molecular formula is C22H38N4O. The van der Waals surface area contributed by atoms with E-state index in [-0.39, 0.29) is 11.2 Å². The lowest BCUT2D eigenvalue weighted by atomic mass is 9.74. The molecule has 0 amide bonds. The van der Waals surface area contributed by atoms with Crippen LogP contribution in [0.3, 0.4) is 0 Å². The maximum atomic E-state index is 6.54. The molecule has 1 aromatic heterocycles. The van der Waals surface area contributed by atoms with Gasteiger partial charge in [-0.3, -0.25) is 4.68 Å². The SMILES string of the molecule is CNCC(Cc1nn2c(c1C1CCC3(CC1)CCC(C)(C)O3)CCC2)NC. The van der Waals surface area contributed by atoms with Crippen molar-refractivity contribution in [1.29, 1.82) is 0 Å². The quantitative estimate of drug-likeness (QED) is 0.803. The van der Waals surface area contributed by atoms with E-state index in [2.05, 4.69) is 36.2 Å². The van der Waals surface area contributed by atoms with Crippen LogP contribution in [0, 0.1) is 0 Å². The molecule has 0 aromatic carbocycles. The topological polar surface area (TPSA) is 51.1 Å². The first-order chi connectivity index (χ1) is 13.0. The first-order valence-electron chi connectivity index (χ1n) is 11.1. The number of nitrogens with zero attached hydrogens (tertiary/aromatic N) is 2. The van der Waals surface area contributed by atoms with E-state index in [0.29, 0.717) is 12.0 Å². The molecule has 3 aliphatic rings. The van der Waals surface area contributed by atoms with Gasteiger partial charge in [0.1, 0.15) is 0 Å². The number of hydrogen-bond donors (Lipinski definition) is 2. The number of likely N-dealkylation sites (N-methyl/N-ethyl adjacent to an activating group) is 2. The van der Waals surface area contributed by atoms with E-state index in [4.69, 9.17) is 9.84 Å². The summed E-state index contributed by atoms with van der Waals surface area (Å²) in [6, 6.07) is 0.443. The van der Waals surface area contributed by atoms with Crippen LogP contribution in [-0.2, 0) is 24.1 Å². The summed E-state index contributed by atoms with van der Waals surface area (Å²) in [7, 11) is 4.09. The molecule has 2 aliphatic heterocycles. The molecule has 0 bridgehead atoms. The van der Waals surface area contributed by atoms with E-state index >= 15 is 0 Å². The van der Waals surface area contributed by atoms with E-state index < -0.39 is 0 Å². The van der Waals surface area contributed by atoms with E-state index in [1.807, 2.05) is 7.05 Å². The first kappa shape index (κ1) is 19.4. The van der Waals surface area contributed by atoms with E-state index in [1.54, 1.807) is 5.56 Å². The Hall–Kier alpha value is -0.910. The Morgan fingerprint density at radius 1 is 1.19 bits per heavy atom. The van der Waals surface area contributed by atoms with Crippen molar-refractivity contribution in [3.05, 3.63) is 17.0 Å². The zero-order valence-electron chi connectivity index (χ0n) is 17.7. The Balaban J connectivity index is 1.52. The third-order valence-electron chi connectivity index (χ3n) is 7.24. The predicted octanol–water partition coefficient (Wildman–Crippen LogP) is 3.16. The van der Waals surface area contributed by atoms with Gasteiger partial charge in [-0.25, -0.2) is 0 Å². The van der Waals surface area contributed by atoms with E-state index in [9.17, 15) is 0 Å². The molecule has 2 fully saturated rings. The highest BCUT2D eigenvalue weighted by atomic mass is 16.5. The number of aromatic nitrogens is 2. The van der Waals surface area contributed by atoms with Gasteiger partial charge in [-0.15, -0.1) is 0 Å². The summed E-state index contributed by atoms with van der Waals surface area (Å²) in [5, 5.41) is 11.8. The average molecular weight is 375 g/mol. The summed E-state index contributed by atoms with van der Waals surface area (Å²) in [6.07, 6.45) is 10.9. The van der Waals surface area contributed by atoms with Gasteiger partial charge in [0.25, 0.3) is 0 Å². The summed E-state index contributed by atoms with van der Waals surface area (Å²) in [5.74, 6) is 0.673. The zero-order chi connectivity index (χ0) is 19.1. The molecule has 5 nitrogen and oxygen atoms in total. The molecule has 152 valence electrons. The normalized spacial score (nSPS) is 30.7. The summed E-state index contributed by atoms with van der Waals surface area (Å²) in [4.78, 5) is 0. The Morgan fingerprint density at radius 2 is 1.96 bits per heavy atom. The number of rotatable bonds is 6. The van der Waals surface area contributed by atoms with Crippen molar-refractivity contribution in [2.45, 2.75) is 101 Å². The van der Waals surface area contributed by atoms with Crippen molar-refractivity contribution >= 4 is 0 Å². The lowest BCUT2D eigenvalue weighted by Gasteiger charge is -2.38. The number of hydrogen-bond acceptors (Lipinski definition) is 4. The molecular weight excluding hydrogens is 336 g/mol. The van der Waals surface area contributed by atoms with Crippen molar-refractivity contribution < 1.29 is 4.74 Å². The second kappa shape index (κ2) is 7.49. The highest BCUT2D eigenvalue weighted by Gasteiger charge is 2.46. The third kappa shape index (κ3) is 3.83. The molecule has 1 spiro atoms. The predicted molar refractivity (Wildman–Crippen MR) is 109 cm³/mol. The lowest BCUT2D eigenvalue weighted by molar-refractivity contribution is -0.105. The monoisotopic (exact) mass is 374 g/mol. The van der Waals surface area contributed by atoms with Gasteiger partial charge in [-0.05, 0) is 90.8 Å². The Morgan fingerprint density at radius 3 is 2.59 bits per heavy atom. The minimum Gasteiger partial charge on any atom is -0.369 e. The van der Waals surface area contributed by atoms with Crippen LogP contribution in [0.25, 0.3) is 0 Å². The molecule has 5 heteroatoms. The fourth-order valence-corrected chi connectivity index (χ4v) is 5.79. The number of nitrogens with one attached hydrogen (secondary N) is 2. The third-order valence-corrected chi connectivity index (χ3v) is 7.24. The molecule has 1 aromatic rings. The number of aryl methyl sites for hydroxylation is 1. The zero-order valence-corrected chi connectivity index (χ0v) is 17.7. The molecule has 3 heterocycles. The largest absolute Gasteiger partial charge is 0.369 e. The molecule has 2 N–H and O–H groups in total. The van der Waals surface area contributed by atoms with Gasteiger partial charge in [0.05, 0.1) is 16.9 Å². The standard InChI is InChI=1S/C22H38N4O/c1-21(2)11-12-22(27-21)9-7-16(8-10-22)20-18(14-17(24-4)15-23-3)25-26-13-5-6-19(20)26/h16-17,23-24H,5-15H2,1-4H3. The van der Waals surface area contributed by atoms with Gasteiger partial charge >= 0.3 is 0 Å². The van der Waals surface area contributed by atoms with Gasteiger partial charge in [0.2, 0.25) is 0 Å². The fourth-order valence-electron chi connectivity index (χ4n) is 5.79. The highest BCUT2D eigenvalue weighted by Crippen LogP contribution is 2.50. The fraction of sp³-hybridized carbons (Fsp3) is 0.864. The summed E-state index contributed by atoms with van der Waals surface area (Å²) < 4.78 is 8.86. The van der Waals surface area contributed by atoms with Gasteiger partial charge in [-0.1, -0.05) is 0 Å². The first-order valence-corrected chi connectivity index (χ1v) is 11.1. The van der Waals surface area contributed by atoms with Gasteiger partial charge in [0, 0.05) is 31.2 Å². The van der Waals surface area contributed by atoms with Crippen molar-refractivity contribution in [3.63, 3.8) is 0 Å². The van der Waals surface area contributed by atoms with Crippen molar-refractivity contribution in [1.82, 2.24) is 20.4 Å². The number of ether oxygens (including phenoxy) is 1. The van der Waals surface area contributed by atoms with Crippen LogP contribution in [0.4, 0.5) is 0 Å². The second-order valence-corrected chi connectivity index (χ2v) is 9.70. The van der Waals surface area contributed by atoms with Crippen molar-refractivity contribution in [2.24, 2.45) is 0 Å².